The predicted octanol–water partition coefficient (Wildman–Crippen LogP) is -4.67. The summed E-state index contributed by atoms with van der Waals surface area (Å²) in [6, 6.07) is -0.707. The number of ether oxygens (including phenoxy) is 2. The van der Waals surface area contributed by atoms with Gasteiger partial charge >= 0.3 is 36.3 Å². The summed E-state index contributed by atoms with van der Waals surface area (Å²) in [6.45, 7) is 3.72. The van der Waals surface area contributed by atoms with E-state index in [1.165, 1.54) is 0 Å². The van der Waals surface area contributed by atoms with Gasteiger partial charge in [-0.2, -0.15) is 31.7 Å². The lowest BCUT2D eigenvalue weighted by Gasteiger charge is -2.05. The van der Waals surface area contributed by atoms with E-state index in [9.17, 15) is 40.7 Å². The molecular weight excluding hydrogens is 550 g/mol. The van der Waals surface area contributed by atoms with Gasteiger partial charge in [-0.3, -0.25) is 4.99 Å². The van der Waals surface area contributed by atoms with Crippen molar-refractivity contribution >= 4 is 35.9 Å². The molecule has 0 aliphatic heterocycles. The highest BCUT2D eigenvalue weighted by molar-refractivity contribution is 5.90. The number of hydrogen-bond donors (Lipinski definition) is 5. The van der Waals surface area contributed by atoms with Crippen LogP contribution in [0.2, 0.25) is 0 Å². The number of alkyl halides is 6. The van der Waals surface area contributed by atoms with E-state index in [-0.39, 0.29) is 25.8 Å². The molecule has 0 saturated heterocycles. The average Bonchev–Trinajstić information content (AvgIpc) is 2.76. The van der Waals surface area contributed by atoms with E-state index in [0.717, 1.165) is 0 Å². The van der Waals surface area contributed by atoms with Gasteiger partial charge in [0.15, 0.2) is 12.6 Å². The van der Waals surface area contributed by atoms with Crippen LogP contribution in [-0.2, 0) is 33.5 Å². The molecule has 0 rings (SSSR count). The SMILES string of the molecule is CCOC(=O)CONC(NC(=O)OCC)=[NH+]CCC[C@H]([NH3+])C(=O)O.O=C([O-])C(F)(F)F.O=C([O-])C(F)(F)F. The Hall–Kier alpha value is -3.88. The highest BCUT2D eigenvalue weighted by Gasteiger charge is 2.29. The number of aliphatic carboxylic acids is 3. The molecule has 0 aliphatic carbocycles. The van der Waals surface area contributed by atoms with Gasteiger partial charge in [0.05, 0.1) is 19.8 Å². The summed E-state index contributed by atoms with van der Waals surface area (Å²) in [4.78, 5) is 58.5. The molecule has 0 radical (unpaired) electrons. The van der Waals surface area contributed by atoms with Gasteiger partial charge in [0.1, 0.15) is 11.9 Å². The molecule has 0 unspecified atom stereocenters. The first kappa shape index (κ1) is 38.6. The van der Waals surface area contributed by atoms with Crippen molar-refractivity contribution in [2.24, 2.45) is 0 Å². The number of carbonyl (C=O) groups excluding carboxylic acids is 4. The molecule has 21 heteroatoms. The fourth-order valence-corrected chi connectivity index (χ4v) is 1.43. The van der Waals surface area contributed by atoms with Crippen molar-refractivity contribution in [3.05, 3.63) is 0 Å². The summed E-state index contributed by atoms with van der Waals surface area (Å²) in [5.74, 6) is -7.49. The molecule has 1 atom stereocenters. The Morgan fingerprint density at radius 1 is 0.947 bits per heavy atom. The third kappa shape index (κ3) is 25.2. The number of quaternary nitrogens is 1. The third-order valence-electron chi connectivity index (χ3n) is 3.02. The van der Waals surface area contributed by atoms with Gasteiger partial charge in [-0.15, -0.1) is 5.48 Å². The lowest BCUT2D eigenvalue weighted by Crippen LogP contribution is -2.80. The molecule has 0 bridgehead atoms. The van der Waals surface area contributed by atoms with E-state index in [4.69, 9.17) is 34.5 Å². The normalized spacial score (nSPS) is 11.9. The number of carbonyl (C=O) groups is 5. The maximum atomic E-state index is 11.4. The number of guanidine groups is 1. The van der Waals surface area contributed by atoms with Crippen molar-refractivity contribution < 1.29 is 90.7 Å². The number of hydrogen-bond acceptors (Lipinski definition) is 10. The minimum atomic E-state index is -5.19. The molecule has 222 valence electrons. The van der Waals surface area contributed by atoms with Crippen molar-refractivity contribution in [2.45, 2.75) is 45.1 Å². The van der Waals surface area contributed by atoms with Crippen molar-refractivity contribution in [1.82, 2.24) is 10.8 Å². The molecule has 7 N–H and O–H groups in total. The van der Waals surface area contributed by atoms with E-state index in [1.807, 2.05) is 0 Å². The number of rotatable bonds is 10. The molecule has 0 saturated carbocycles. The van der Waals surface area contributed by atoms with E-state index in [1.54, 1.807) is 13.8 Å². The molecule has 0 spiro atoms. The van der Waals surface area contributed by atoms with Crippen LogP contribution in [0.25, 0.3) is 0 Å². The molecule has 38 heavy (non-hydrogen) atoms. The van der Waals surface area contributed by atoms with Gasteiger partial charge in [-0.1, -0.05) is 0 Å². The highest BCUT2D eigenvalue weighted by atomic mass is 19.4. The van der Waals surface area contributed by atoms with Crippen LogP contribution in [0, 0.1) is 0 Å². The van der Waals surface area contributed by atoms with Crippen LogP contribution in [0.1, 0.15) is 26.7 Å². The first-order chi connectivity index (χ1) is 17.3. The Kier molecular flexibility index (Phi) is 20.6. The van der Waals surface area contributed by atoms with E-state index >= 15 is 0 Å². The first-order valence-electron chi connectivity index (χ1n) is 9.99. The number of esters is 1. The number of nitrogens with one attached hydrogen (secondary N) is 3. The fraction of sp³-hybridized carbons (Fsp3) is 0.647. The average molecular weight is 576 g/mol. The van der Waals surface area contributed by atoms with Gasteiger partial charge < -0.3 is 40.1 Å². The Morgan fingerprint density at radius 2 is 1.39 bits per heavy atom. The first-order valence-corrected chi connectivity index (χ1v) is 9.99. The lowest BCUT2D eigenvalue weighted by atomic mass is 10.2. The van der Waals surface area contributed by atoms with E-state index in [2.05, 4.69) is 26.3 Å². The summed E-state index contributed by atoms with van der Waals surface area (Å²) in [5, 5.41) is 28.7. The van der Waals surface area contributed by atoms with Crippen LogP contribution < -0.4 is 31.7 Å². The molecule has 0 aromatic heterocycles. The van der Waals surface area contributed by atoms with E-state index in [0.29, 0.717) is 19.4 Å². The van der Waals surface area contributed by atoms with Gasteiger partial charge in [0.2, 0.25) is 0 Å². The second-order valence-electron chi connectivity index (χ2n) is 6.09. The van der Waals surface area contributed by atoms with Gasteiger partial charge in [-0.25, -0.2) is 19.2 Å². The second kappa shape index (κ2) is 20.2. The van der Waals surface area contributed by atoms with Crippen LogP contribution in [0.3, 0.4) is 0 Å². The topological polar surface area (TPSA) is 245 Å². The standard InChI is InChI=1S/C13H24N4O7.2C2HF3O2/c1-3-22-10(18)8-24-17-12(16-13(21)23-4-2)15-7-5-6-9(14)11(19)20;2*3-2(4,5)1(6)7/h9H,3-8,14H2,1-2H3,(H,19,20)(H2,15,16,17,21);2*(H,6,7)/t9-;;/m0../s1. The fourth-order valence-electron chi connectivity index (χ4n) is 1.43. The molecule has 1 amide bonds. The quantitative estimate of drug-likeness (QED) is 0.0411. The summed E-state index contributed by atoms with van der Waals surface area (Å²) in [7, 11) is 0. The maximum Gasteiger partial charge on any atom is 0.476 e. The maximum absolute atomic E-state index is 11.4. The number of halogens is 6. The van der Waals surface area contributed by atoms with Crippen molar-refractivity contribution in [2.75, 3.05) is 26.4 Å². The monoisotopic (exact) mass is 576 g/mol. The van der Waals surface area contributed by atoms with Gasteiger partial charge in [-0.05, 0) is 20.3 Å². The zero-order valence-electron chi connectivity index (χ0n) is 19.8. The van der Waals surface area contributed by atoms with Crippen molar-refractivity contribution in [3.8, 4) is 0 Å². The largest absolute Gasteiger partial charge is 0.542 e. The minimum absolute atomic E-state index is 0.0636. The molecule has 0 aromatic rings. The number of carboxylic acids is 3. The van der Waals surface area contributed by atoms with Crippen LogP contribution in [0.15, 0.2) is 0 Å². The highest BCUT2D eigenvalue weighted by Crippen LogP contribution is 2.12. The Balaban J connectivity index is -0.000000710. The van der Waals surface area contributed by atoms with Crippen LogP contribution in [-0.4, -0.2) is 85.8 Å². The van der Waals surface area contributed by atoms with Crippen molar-refractivity contribution in [3.63, 3.8) is 0 Å². The van der Waals surface area contributed by atoms with E-state index < -0.39 is 48.4 Å². The van der Waals surface area contributed by atoms with Gasteiger partial charge in [0.25, 0.3) is 0 Å². The Morgan fingerprint density at radius 3 is 1.76 bits per heavy atom. The minimum Gasteiger partial charge on any atom is -0.542 e. The number of hydroxylamine groups is 1. The van der Waals surface area contributed by atoms with Crippen LogP contribution in [0.5, 0.6) is 0 Å². The summed E-state index contributed by atoms with van der Waals surface area (Å²) in [5.41, 5.74) is 5.87. The molecule has 15 nitrogen and oxygen atoms in total. The molecule has 0 fully saturated rings. The number of carboxylic acid groups (broad SMARTS) is 3. The smallest absolute Gasteiger partial charge is 0.476 e. The number of alkyl carbamates (subject to hydrolysis) is 1. The van der Waals surface area contributed by atoms with Crippen molar-refractivity contribution in [1.29, 1.82) is 0 Å². The van der Waals surface area contributed by atoms with Gasteiger partial charge in [0, 0.05) is 6.42 Å². The predicted molar refractivity (Wildman–Crippen MR) is 102 cm³/mol. The summed E-state index contributed by atoms with van der Waals surface area (Å²) in [6.07, 6.45) is -10.2. The Labute approximate surface area is 209 Å². The molecule has 0 heterocycles. The summed E-state index contributed by atoms with van der Waals surface area (Å²) < 4.78 is 72.5. The van der Waals surface area contributed by atoms with Crippen LogP contribution >= 0.6 is 0 Å². The second-order valence-corrected chi connectivity index (χ2v) is 6.09. The van der Waals surface area contributed by atoms with Crippen LogP contribution in [0.4, 0.5) is 31.1 Å². The molecule has 0 aliphatic rings. The molecular formula is C17H26F6N4O11. The third-order valence-corrected chi connectivity index (χ3v) is 3.02. The number of amides is 1. The zero-order valence-corrected chi connectivity index (χ0v) is 19.8. The lowest BCUT2D eigenvalue weighted by molar-refractivity contribution is -0.468. The zero-order chi connectivity index (χ0) is 30.5. The Bertz CT molecular complexity index is 767. The summed E-state index contributed by atoms with van der Waals surface area (Å²) >= 11 is 0. The molecule has 0 aromatic carbocycles.